The van der Waals surface area contributed by atoms with Crippen molar-refractivity contribution in [3.05, 3.63) is 29.5 Å². The minimum Gasteiger partial charge on any atom is -0.493 e. The van der Waals surface area contributed by atoms with E-state index in [9.17, 15) is 9.59 Å². The molecule has 3 amide bonds. The van der Waals surface area contributed by atoms with Crippen LogP contribution in [-0.2, 0) is 4.79 Å². The highest BCUT2D eigenvalue weighted by Crippen LogP contribution is 2.33. The molecule has 1 aromatic rings. The minimum atomic E-state index is -0.409. The molecule has 0 radical (unpaired) electrons. The van der Waals surface area contributed by atoms with E-state index in [2.05, 4.69) is 5.32 Å². The van der Waals surface area contributed by atoms with Crippen LogP contribution in [0.2, 0.25) is 0 Å². The van der Waals surface area contributed by atoms with Crippen molar-refractivity contribution in [1.29, 1.82) is 0 Å². The summed E-state index contributed by atoms with van der Waals surface area (Å²) in [6.45, 7) is 5.89. The molecule has 0 aliphatic carbocycles. The quantitative estimate of drug-likeness (QED) is 0.670. The number of carbonyl (C=O) groups is 2. The third kappa shape index (κ3) is 3.05. The van der Waals surface area contributed by atoms with Crippen molar-refractivity contribution in [3.8, 4) is 11.5 Å². The molecule has 118 valence electrons. The first kappa shape index (κ1) is 15.9. The Morgan fingerprint density at radius 3 is 2.59 bits per heavy atom. The van der Waals surface area contributed by atoms with E-state index in [0.29, 0.717) is 23.6 Å². The van der Waals surface area contributed by atoms with Crippen molar-refractivity contribution in [2.45, 2.75) is 26.9 Å². The van der Waals surface area contributed by atoms with Gasteiger partial charge >= 0.3 is 6.03 Å². The van der Waals surface area contributed by atoms with Crippen LogP contribution in [0, 0.1) is 0 Å². The summed E-state index contributed by atoms with van der Waals surface area (Å²) >= 11 is 0. The summed E-state index contributed by atoms with van der Waals surface area (Å²) < 4.78 is 11.1. The first-order valence-corrected chi connectivity index (χ1v) is 7.16. The summed E-state index contributed by atoms with van der Waals surface area (Å²) in [7, 11) is 1.56. The Morgan fingerprint density at radius 2 is 2.05 bits per heavy atom. The molecule has 6 heteroatoms. The van der Waals surface area contributed by atoms with Crippen LogP contribution in [0.4, 0.5) is 4.79 Å². The molecule has 0 atom stereocenters. The summed E-state index contributed by atoms with van der Waals surface area (Å²) in [5.41, 5.74) is 0.906. The highest BCUT2D eigenvalue weighted by atomic mass is 16.5. The van der Waals surface area contributed by atoms with Crippen molar-refractivity contribution in [2.75, 3.05) is 13.7 Å². The van der Waals surface area contributed by atoms with E-state index in [0.717, 1.165) is 4.90 Å². The van der Waals surface area contributed by atoms with Crippen molar-refractivity contribution >= 4 is 18.0 Å². The van der Waals surface area contributed by atoms with E-state index in [1.54, 1.807) is 38.3 Å². The molecule has 1 saturated heterocycles. The highest BCUT2D eigenvalue weighted by Gasteiger charge is 2.32. The molecule has 0 bridgehead atoms. The summed E-state index contributed by atoms with van der Waals surface area (Å²) in [6, 6.07) is 4.99. The van der Waals surface area contributed by atoms with Gasteiger partial charge < -0.3 is 14.8 Å². The third-order valence-corrected chi connectivity index (χ3v) is 3.16. The second-order valence-corrected chi connectivity index (χ2v) is 5.08. The molecule has 0 aromatic heterocycles. The van der Waals surface area contributed by atoms with Crippen molar-refractivity contribution < 1.29 is 19.1 Å². The molecule has 1 N–H and O–H groups in total. The number of hydrogen-bond acceptors (Lipinski definition) is 4. The predicted molar refractivity (Wildman–Crippen MR) is 82.7 cm³/mol. The molecule has 1 aliphatic rings. The third-order valence-electron chi connectivity index (χ3n) is 3.16. The number of benzene rings is 1. The van der Waals surface area contributed by atoms with Gasteiger partial charge in [-0.15, -0.1) is 0 Å². The number of nitrogens with one attached hydrogen (secondary N) is 1. The average molecular weight is 304 g/mol. The van der Waals surface area contributed by atoms with Gasteiger partial charge in [0.1, 0.15) is 5.70 Å². The molecule has 0 unspecified atom stereocenters. The van der Waals surface area contributed by atoms with Crippen LogP contribution in [0.5, 0.6) is 11.5 Å². The number of rotatable bonds is 5. The van der Waals surface area contributed by atoms with Crippen LogP contribution in [-0.4, -0.2) is 36.6 Å². The molecule has 1 heterocycles. The van der Waals surface area contributed by atoms with E-state index in [4.69, 9.17) is 9.47 Å². The number of imide groups is 1. The number of methoxy groups -OCH3 is 1. The summed E-state index contributed by atoms with van der Waals surface area (Å²) in [5.74, 6) is 0.780. The molecular formula is C16H20N2O4. The maximum Gasteiger partial charge on any atom is 0.328 e. The van der Waals surface area contributed by atoms with E-state index in [1.807, 2.05) is 13.8 Å². The minimum absolute atomic E-state index is 0.0468. The lowest BCUT2D eigenvalue weighted by atomic mass is 10.1. The number of amides is 3. The molecule has 2 rings (SSSR count). The number of urea groups is 1. The highest BCUT2D eigenvalue weighted by molar-refractivity contribution is 6.14. The summed E-state index contributed by atoms with van der Waals surface area (Å²) in [5, 5.41) is 2.57. The number of hydrogen-bond donors (Lipinski definition) is 1. The Hall–Kier alpha value is -2.50. The van der Waals surface area contributed by atoms with E-state index in [-0.39, 0.29) is 17.7 Å². The van der Waals surface area contributed by atoms with Crippen molar-refractivity contribution in [2.24, 2.45) is 0 Å². The normalized spacial score (nSPS) is 16.4. The topological polar surface area (TPSA) is 67.9 Å². The van der Waals surface area contributed by atoms with Gasteiger partial charge in [-0.05, 0) is 32.9 Å². The van der Waals surface area contributed by atoms with Crippen LogP contribution in [0.3, 0.4) is 0 Å². The summed E-state index contributed by atoms with van der Waals surface area (Å²) in [6.07, 6.45) is 1.56. The van der Waals surface area contributed by atoms with Crippen LogP contribution in [0.1, 0.15) is 26.3 Å². The molecule has 0 saturated carbocycles. The van der Waals surface area contributed by atoms with Gasteiger partial charge in [0.2, 0.25) is 0 Å². The van der Waals surface area contributed by atoms with Crippen molar-refractivity contribution in [3.63, 3.8) is 0 Å². The van der Waals surface area contributed by atoms with Crippen LogP contribution in [0.15, 0.2) is 23.9 Å². The lowest BCUT2D eigenvalue weighted by Crippen LogP contribution is -2.30. The molecule has 0 spiro atoms. The SMILES string of the molecule is CCN1C(=O)NC(=Cc2cccc(OC)c2OC(C)C)C1=O. The molecular weight excluding hydrogens is 284 g/mol. The van der Waals surface area contributed by atoms with Gasteiger partial charge in [0, 0.05) is 12.1 Å². The zero-order chi connectivity index (χ0) is 16.3. The van der Waals surface area contributed by atoms with Gasteiger partial charge in [-0.1, -0.05) is 12.1 Å². The smallest absolute Gasteiger partial charge is 0.328 e. The van der Waals surface area contributed by atoms with Crippen LogP contribution >= 0.6 is 0 Å². The van der Waals surface area contributed by atoms with Crippen LogP contribution < -0.4 is 14.8 Å². The Labute approximate surface area is 129 Å². The fourth-order valence-corrected chi connectivity index (χ4v) is 2.18. The number of ether oxygens (including phenoxy) is 2. The first-order valence-electron chi connectivity index (χ1n) is 7.16. The number of carbonyl (C=O) groups excluding carboxylic acids is 2. The predicted octanol–water partition coefficient (Wildman–Crippen LogP) is 2.40. The zero-order valence-corrected chi connectivity index (χ0v) is 13.2. The van der Waals surface area contributed by atoms with Crippen molar-refractivity contribution in [1.82, 2.24) is 10.2 Å². The van der Waals surface area contributed by atoms with Gasteiger partial charge in [0.05, 0.1) is 13.2 Å². The van der Waals surface area contributed by atoms with E-state index >= 15 is 0 Å². The monoisotopic (exact) mass is 304 g/mol. The average Bonchev–Trinajstić information content (AvgIpc) is 2.74. The van der Waals surface area contributed by atoms with E-state index < -0.39 is 6.03 Å². The number of likely N-dealkylation sites (N-methyl/N-ethyl adjacent to an activating group) is 1. The molecule has 22 heavy (non-hydrogen) atoms. The van der Waals surface area contributed by atoms with Crippen LogP contribution in [0.25, 0.3) is 6.08 Å². The lowest BCUT2D eigenvalue weighted by molar-refractivity contribution is -0.122. The molecule has 1 fully saturated rings. The Balaban J connectivity index is 2.43. The molecule has 1 aliphatic heterocycles. The first-order chi connectivity index (χ1) is 10.5. The Bertz CT molecular complexity index is 623. The van der Waals surface area contributed by atoms with E-state index in [1.165, 1.54) is 0 Å². The Morgan fingerprint density at radius 1 is 1.32 bits per heavy atom. The fourth-order valence-electron chi connectivity index (χ4n) is 2.18. The second-order valence-electron chi connectivity index (χ2n) is 5.08. The maximum absolute atomic E-state index is 12.1. The van der Waals surface area contributed by atoms with Gasteiger partial charge in [-0.3, -0.25) is 9.69 Å². The fraction of sp³-hybridized carbons (Fsp3) is 0.375. The summed E-state index contributed by atoms with van der Waals surface area (Å²) in [4.78, 5) is 25.0. The largest absolute Gasteiger partial charge is 0.493 e. The lowest BCUT2D eigenvalue weighted by Gasteiger charge is -2.16. The Kier molecular flexibility index (Phi) is 4.70. The van der Waals surface area contributed by atoms with Gasteiger partial charge in [-0.25, -0.2) is 4.79 Å². The van der Waals surface area contributed by atoms with Gasteiger partial charge in [0.25, 0.3) is 5.91 Å². The zero-order valence-electron chi connectivity index (χ0n) is 13.2. The number of para-hydroxylation sites is 1. The standard InChI is InChI=1S/C16H20N2O4/c1-5-18-15(19)12(17-16(18)20)9-11-7-6-8-13(21-4)14(11)22-10(2)3/h6-10H,5H2,1-4H3,(H,17,20). The second kappa shape index (κ2) is 6.51. The molecule has 6 nitrogen and oxygen atoms in total. The molecule has 1 aromatic carbocycles. The maximum atomic E-state index is 12.1. The number of nitrogens with zero attached hydrogens (tertiary/aromatic N) is 1. The van der Waals surface area contributed by atoms with Gasteiger partial charge in [-0.2, -0.15) is 0 Å². The van der Waals surface area contributed by atoms with Gasteiger partial charge in [0.15, 0.2) is 11.5 Å².